The highest BCUT2D eigenvalue weighted by Gasteiger charge is 2.40. The Morgan fingerprint density at radius 2 is 1.86 bits per heavy atom. The molecule has 0 saturated carbocycles. The molecule has 37 heavy (non-hydrogen) atoms. The highest BCUT2D eigenvalue weighted by molar-refractivity contribution is 7.93. The molecule has 3 heterocycles. The van der Waals surface area contributed by atoms with Gasteiger partial charge >= 0.3 is 0 Å². The molecule has 11 heteroatoms. The number of likely N-dealkylation sites (tertiary alicyclic amines) is 1. The van der Waals surface area contributed by atoms with E-state index in [4.69, 9.17) is 9.47 Å². The summed E-state index contributed by atoms with van der Waals surface area (Å²) in [6, 6.07) is 8.07. The molecule has 2 N–H and O–H groups in total. The molecule has 9 nitrogen and oxygen atoms in total. The number of aliphatic hydroxyl groups is 1. The number of ether oxygens (including phenoxy) is 2. The number of fused-ring (bicyclic) bond motifs is 2. The van der Waals surface area contributed by atoms with Crippen LogP contribution in [0, 0.1) is 5.92 Å². The summed E-state index contributed by atoms with van der Waals surface area (Å²) in [5.74, 6) is -0.607. The first-order chi connectivity index (χ1) is 17.4. The van der Waals surface area contributed by atoms with Crippen LogP contribution < -0.4 is 14.2 Å². The van der Waals surface area contributed by atoms with Gasteiger partial charge < -0.3 is 19.5 Å². The van der Waals surface area contributed by atoms with E-state index in [0.717, 1.165) is 4.70 Å². The topological polar surface area (TPSA) is 118 Å². The van der Waals surface area contributed by atoms with Crippen LogP contribution in [0.25, 0.3) is 10.2 Å². The molecule has 198 valence electrons. The van der Waals surface area contributed by atoms with E-state index < -0.39 is 21.4 Å². The molecule has 0 unspecified atom stereocenters. The van der Waals surface area contributed by atoms with Gasteiger partial charge in [-0.05, 0) is 49.4 Å². The molecule has 5 rings (SSSR count). The SMILES string of the molecule is CC(C)CC1(O)CCN(C(=O)c2ccc(NS(=O)(=O)c3cccc4scnc34)c3c2OC(C)(C)O3)CC1. The molecule has 1 saturated heterocycles. The highest BCUT2D eigenvalue weighted by Crippen LogP contribution is 2.48. The fraction of sp³-hybridized carbons (Fsp3) is 0.462. The van der Waals surface area contributed by atoms with Crippen LogP contribution in [-0.2, 0) is 10.0 Å². The van der Waals surface area contributed by atoms with E-state index in [1.54, 1.807) is 36.4 Å². The van der Waals surface area contributed by atoms with Crippen molar-refractivity contribution < 1.29 is 27.8 Å². The first-order valence-corrected chi connectivity index (χ1v) is 14.7. The number of amides is 1. The smallest absolute Gasteiger partial charge is 0.264 e. The van der Waals surface area contributed by atoms with E-state index in [0.29, 0.717) is 49.4 Å². The Hall–Kier alpha value is -2.89. The lowest BCUT2D eigenvalue weighted by molar-refractivity contribution is -0.0433. The number of nitrogens with one attached hydrogen (secondary N) is 1. The first-order valence-electron chi connectivity index (χ1n) is 12.3. The van der Waals surface area contributed by atoms with E-state index in [9.17, 15) is 18.3 Å². The number of rotatable bonds is 6. The summed E-state index contributed by atoms with van der Waals surface area (Å²) >= 11 is 1.36. The number of anilines is 1. The fourth-order valence-corrected chi connectivity index (χ4v) is 7.07. The number of sulfonamides is 1. The van der Waals surface area contributed by atoms with Crippen LogP contribution in [0.4, 0.5) is 5.69 Å². The molecule has 3 aromatic rings. The molecule has 0 aliphatic carbocycles. The first kappa shape index (κ1) is 25.7. The van der Waals surface area contributed by atoms with E-state index in [-0.39, 0.29) is 28.0 Å². The van der Waals surface area contributed by atoms with Gasteiger partial charge in [-0.15, -0.1) is 11.3 Å². The minimum atomic E-state index is -4.01. The Morgan fingerprint density at radius 3 is 2.57 bits per heavy atom. The lowest BCUT2D eigenvalue weighted by atomic mass is 9.84. The van der Waals surface area contributed by atoms with Gasteiger partial charge in [0.25, 0.3) is 15.9 Å². The number of hydrogen-bond donors (Lipinski definition) is 2. The third kappa shape index (κ3) is 4.99. The van der Waals surface area contributed by atoms with Crippen molar-refractivity contribution in [3.63, 3.8) is 0 Å². The Bertz CT molecular complexity index is 1460. The minimum Gasteiger partial charge on any atom is -0.448 e. The van der Waals surface area contributed by atoms with Crippen molar-refractivity contribution in [2.24, 2.45) is 5.92 Å². The van der Waals surface area contributed by atoms with Gasteiger partial charge in [0.1, 0.15) is 10.4 Å². The van der Waals surface area contributed by atoms with Crippen LogP contribution in [0.5, 0.6) is 11.5 Å². The molecule has 1 fully saturated rings. The van der Waals surface area contributed by atoms with Crippen molar-refractivity contribution in [1.82, 2.24) is 9.88 Å². The maximum atomic E-state index is 13.5. The molecule has 1 aromatic heterocycles. The molecule has 0 bridgehead atoms. The Kier molecular flexibility index (Phi) is 6.36. The lowest BCUT2D eigenvalue weighted by Gasteiger charge is -2.39. The molecule has 0 atom stereocenters. The highest BCUT2D eigenvalue weighted by atomic mass is 32.2. The summed E-state index contributed by atoms with van der Waals surface area (Å²) in [6.07, 6.45) is 1.70. The second kappa shape index (κ2) is 9.14. The van der Waals surface area contributed by atoms with E-state index in [2.05, 4.69) is 23.6 Å². The van der Waals surface area contributed by atoms with Crippen molar-refractivity contribution >= 4 is 43.2 Å². The Balaban J connectivity index is 1.44. The number of carbonyl (C=O) groups is 1. The van der Waals surface area contributed by atoms with Crippen LogP contribution >= 0.6 is 11.3 Å². The van der Waals surface area contributed by atoms with Gasteiger partial charge in [-0.25, -0.2) is 13.4 Å². The average Bonchev–Trinajstić information content (AvgIpc) is 3.41. The van der Waals surface area contributed by atoms with Crippen molar-refractivity contribution in [3.8, 4) is 11.5 Å². The summed E-state index contributed by atoms with van der Waals surface area (Å²) < 4.78 is 42.0. The number of piperidine rings is 1. The van der Waals surface area contributed by atoms with Gasteiger partial charge in [0, 0.05) is 26.9 Å². The predicted molar refractivity (Wildman–Crippen MR) is 142 cm³/mol. The monoisotopic (exact) mass is 545 g/mol. The maximum Gasteiger partial charge on any atom is 0.264 e. The zero-order valence-electron chi connectivity index (χ0n) is 21.3. The van der Waals surface area contributed by atoms with Crippen LogP contribution in [0.3, 0.4) is 0 Å². The quantitative estimate of drug-likeness (QED) is 0.464. The molecule has 0 radical (unpaired) electrons. The molecular formula is C26H31N3O6S2. The van der Waals surface area contributed by atoms with Crippen LogP contribution in [0.1, 0.15) is 57.3 Å². The zero-order chi connectivity index (χ0) is 26.6. The second-order valence-electron chi connectivity index (χ2n) is 10.6. The third-order valence-corrected chi connectivity index (χ3v) is 8.86. The third-order valence-electron chi connectivity index (χ3n) is 6.67. The Labute approximate surface area is 220 Å². The number of hydrogen-bond acceptors (Lipinski definition) is 8. The van der Waals surface area contributed by atoms with Gasteiger partial charge in [-0.2, -0.15) is 0 Å². The largest absolute Gasteiger partial charge is 0.448 e. The second-order valence-corrected chi connectivity index (χ2v) is 13.1. The number of para-hydroxylation sites is 1. The number of thiazole rings is 1. The van der Waals surface area contributed by atoms with Gasteiger partial charge in [-0.1, -0.05) is 19.9 Å². The van der Waals surface area contributed by atoms with E-state index in [1.807, 2.05) is 6.07 Å². The number of benzene rings is 2. The van der Waals surface area contributed by atoms with Crippen LogP contribution in [0.2, 0.25) is 0 Å². The number of nitrogens with zero attached hydrogens (tertiary/aromatic N) is 2. The molecule has 2 aliphatic rings. The number of carbonyl (C=O) groups excluding carboxylic acids is 1. The summed E-state index contributed by atoms with van der Waals surface area (Å²) in [6.45, 7) is 8.39. The van der Waals surface area contributed by atoms with Crippen molar-refractivity contribution in [3.05, 3.63) is 41.4 Å². The molecule has 1 amide bonds. The predicted octanol–water partition coefficient (Wildman–Crippen LogP) is 4.62. The number of aromatic nitrogens is 1. The molecule has 2 aliphatic heterocycles. The molecule has 0 spiro atoms. The maximum absolute atomic E-state index is 13.5. The standard InChI is InChI=1S/C26H31N3O6S2/c1-16(2)14-26(31)10-12-29(13-11-26)24(30)17-8-9-18(23-22(17)34-25(3,4)35-23)28-37(32,33)20-7-5-6-19-21(20)27-15-36-19/h5-9,15-16,28,31H,10-14H2,1-4H3. The summed E-state index contributed by atoms with van der Waals surface area (Å²) in [5.41, 5.74) is 1.69. The van der Waals surface area contributed by atoms with Gasteiger partial charge in [0.15, 0.2) is 11.5 Å². The van der Waals surface area contributed by atoms with Crippen LogP contribution in [0.15, 0.2) is 40.7 Å². The summed E-state index contributed by atoms with van der Waals surface area (Å²) in [7, 11) is -4.01. The van der Waals surface area contributed by atoms with Crippen molar-refractivity contribution in [2.75, 3.05) is 17.8 Å². The fourth-order valence-electron chi connectivity index (χ4n) is 5.06. The Morgan fingerprint density at radius 1 is 1.16 bits per heavy atom. The summed E-state index contributed by atoms with van der Waals surface area (Å²) in [4.78, 5) is 19.5. The summed E-state index contributed by atoms with van der Waals surface area (Å²) in [5, 5.41) is 10.9. The van der Waals surface area contributed by atoms with Crippen molar-refractivity contribution in [1.29, 1.82) is 0 Å². The molecule has 2 aromatic carbocycles. The zero-order valence-corrected chi connectivity index (χ0v) is 22.9. The average molecular weight is 546 g/mol. The van der Waals surface area contributed by atoms with Crippen molar-refractivity contribution in [2.45, 2.75) is 63.2 Å². The van der Waals surface area contributed by atoms with Gasteiger partial charge in [0.05, 0.1) is 27.1 Å². The molecular weight excluding hydrogens is 514 g/mol. The van der Waals surface area contributed by atoms with E-state index >= 15 is 0 Å². The normalized spacial score (nSPS) is 18.4. The lowest BCUT2D eigenvalue weighted by Crippen LogP contribution is -2.47. The minimum absolute atomic E-state index is 0.0560. The van der Waals surface area contributed by atoms with Gasteiger partial charge in [-0.3, -0.25) is 9.52 Å². The van der Waals surface area contributed by atoms with E-state index in [1.165, 1.54) is 23.5 Å². The van der Waals surface area contributed by atoms with Crippen LogP contribution in [-0.4, -0.2) is 53.8 Å². The van der Waals surface area contributed by atoms with Gasteiger partial charge in [0.2, 0.25) is 5.79 Å².